The van der Waals surface area contributed by atoms with E-state index in [-0.39, 0.29) is 0 Å². The van der Waals surface area contributed by atoms with E-state index in [1.54, 1.807) is 17.8 Å². The molecular formula is C12H18ClNOS. The van der Waals surface area contributed by atoms with Gasteiger partial charge in [0.15, 0.2) is 0 Å². The van der Waals surface area contributed by atoms with Crippen molar-refractivity contribution in [3.8, 4) is 0 Å². The third-order valence-corrected chi connectivity index (χ3v) is 4.38. The van der Waals surface area contributed by atoms with Gasteiger partial charge in [0.25, 0.3) is 0 Å². The number of hydrogen-bond donors (Lipinski definition) is 2. The van der Waals surface area contributed by atoms with Crippen molar-refractivity contribution in [3.63, 3.8) is 0 Å². The standard InChI is InChI=1S/C12H18ClNOS/c1-3-12(15,4-2)8-16-11-6-5-9(13)7-10(11)14/h5-7,15H,3-4,8,14H2,1-2H3. The molecule has 0 aliphatic heterocycles. The van der Waals surface area contributed by atoms with E-state index in [1.807, 2.05) is 26.0 Å². The second-order valence-corrected chi connectivity index (χ2v) is 5.36. The molecule has 2 nitrogen and oxygen atoms in total. The maximum Gasteiger partial charge on any atom is 0.0736 e. The van der Waals surface area contributed by atoms with Crippen LogP contribution in [-0.2, 0) is 0 Å². The number of thioether (sulfide) groups is 1. The summed E-state index contributed by atoms with van der Waals surface area (Å²) in [6, 6.07) is 5.45. The Balaban J connectivity index is 2.67. The van der Waals surface area contributed by atoms with Crippen LogP contribution in [0.3, 0.4) is 0 Å². The summed E-state index contributed by atoms with van der Waals surface area (Å²) in [5, 5.41) is 10.8. The zero-order chi connectivity index (χ0) is 12.2. The Hall–Kier alpha value is -0.380. The van der Waals surface area contributed by atoms with Gasteiger partial charge in [-0.3, -0.25) is 0 Å². The van der Waals surface area contributed by atoms with Crippen molar-refractivity contribution in [3.05, 3.63) is 23.2 Å². The molecule has 0 atom stereocenters. The largest absolute Gasteiger partial charge is 0.398 e. The number of hydrogen-bond acceptors (Lipinski definition) is 3. The van der Waals surface area contributed by atoms with Gasteiger partial charge in [-0.1, -0.05) is 25.4 Å². The van der Waals surface area contributed by atoms with Crippen molar-refractivity contribution < 1.29 is 5.11 Å². The Labute approximate surface area is 106 Å². The summed E-state index contributed by atoms with van der Waals surface area (Å²) in [6.45, 7) is 3.99. The minimum Gasteiger partial charge on any atom is -0.398 e. The van der Waals surface area contributed by atoms with Crippen LogP contribution in [0.5, 0.6) is 0 Å². The maximum atomic E-state index is 10.1. The fourth-order valence-electron chi connectivity index (χ4n) is 1.32. The first-order chi connectivity index (χ1) is 7.50. The third kappa shape index (κ3) is 3.58. The molecule has 16 heavy (non-hydrogen) atoms. The van der Waals surface area contributed by atoms with Crippen LogP contribution in [0, 0.1) is 0 Å². The van der Waals surface area contributed by atoms with Gasteiger partial charge in [0, 0.05) is 21.4 Å². The van der Waals surface area contributed by atoms with Crippen molar-refractivity contribution >= 4 is 29.1 Å². The molecule has 0 heterocycles. The molecule has 0 saturated carbocycles. The predicted octanol–water partition coefficient (Wildman–Crippen LogP) is 3.57. The number of anilines is 1. The summed E-state index contributed by atoms with van der Waals surface area (Å²) in [5.41, 5.74) is 5.92. The summed E-state index contributed by atoms with van der Waals surface area (Å²) in [6.07, 6.45) is 1.51. The van der Waals surface area contributed by atoms with Gasteiger partial charge in [-0.15, -0.1) is 11.8 Å². The quantitative estimate of drug-likeness (QED) is 0.628. The van der Waals surface area contributed by atoms with Crippen LogP contribution in [0.2, 0.25) is 5.02 Å². The Morgan fingerprint density at radius 1 is 1.38 bits per heavy atom. The van der Waals surface area contributed by atoms with E-state index in [0.29, 0.717) is 16.5 Å². The molecule has 0 aromatic heterocycles. The Morgan fingerprint density at radius 3 is 2.50 bits per heavy atom. The van der Waals surface area contributed by atoms with Crippen LogP contribution in [0.15, 0.2) is 23.1 Å². The molecule has 0 bridgehead atoms. The monoisotopic (exact) mass is 259 g/mol. The molecule has 0 unspecified atom stereocenters. The topological polar surface area (TPSA) is 46.2 Å². The fourth-order valence-corrected chi connectivity index (χ4v) is 2.72. The molecule has 0 fully saturated rings. The summed E-state index contributed by atoms with van der Waals surface area (Å²) in [4.78, 5) is 0.977. The van der Waals surface area contributed by atoms with E-state index >= 15 is 0 Å². The van der Waals surface area contributed by atoms with Gasteiger partial charge >= 0.3 is 0 Å². The van der Waals surface area contributed by atoms with Crippen molar-refractivity contribution in [1.82, 2.24) is 0 Å². The minimum atomic E-state index is -0.600. The Morgan fingerprint density at radius 2 is 2.00 bits per heavy atom. The van der Waals surface area contributed by atoms with Crippen LogP contribution >= 0.6 is 23.4 Å². The lowest BCUT2D eigenvalue weighted by molar-refractivity contribution is 0.0572. The first kappa shape index (κ1) is 13.7. The highest BCUT2D eigenvalue weighted by Crippen LogP contribution is 2.31. The van der Waals surface area contributed by atoms with Crippen LogP contribution in [0.4, 0.5) is 5.69 Å². The van der Waals surface area contributed by atoms with E-state index in [0.717, 1.165) is 17.7 Å². The zero-order valence-electron chi connectivity index (χ0n) is 9.66. The highest BCUT2D eigenvalue weighted by atomic mass is 35.5. The molecule has 1 aromatic rings. The molecule has 90 valence electrons. The highest BCUT2D eigenvalue weighted by Gasteiger charge is 2.22. The van der Waals surface area contributed by atoms with Gasteiger partial charge in [-0.05, 0) is 31.0 Å². The zero-order valence-corrected chi connectivity index (χ0v) is 11.2. The molecule has 1 aromatic carbocycles. The summed E-state index contributed by atoms with van der Waals surface area (Å²) in [7, 11) is 0. The van der Waals surface area contributed by atoms with Crippen LogP contribution < -0.4 is 5.73 Å². The molecule has 0 spiro atoms. The average Bonchev–Trinajstić information content (AvgIpc) is 2.27. The lowest BCUT2D eigenvalue weighted by atomic mass is 10.0. The van der Waals surface area contributed by atoms with E-state index in [9.17, 15) is 5.11 Å². The number of benzene rings is 1. The SMILES string of the molecule is CCC(O)(CC)CSc1ccc(Cl)cc1N. The van der Waals surface area contributed by atoms with Gasteiger partial charge in [0.1, 0.15) is 0 Å². The highest BCUT2D eigenvalue weighted by molar-refractivity contribution is 7.99. The Bertz CT molecular complexity index is 353. The first-order valence-corrected chi connectivity index (χ1v) is 6.77. The van der Waals surface area contributed by atoms with E-state index in [2.05, 4.69) is 0 Å². The first-order valence-electron chi connectivity index (χ1n) is 5.41. The molecule has 0 amide bonds. The molecular weight excluding hydrogens is 242 g/mol. The Kier molecular flexibility index (Phi) is 4.96. The van der Waals surface area contributed by atoms with Crippen molar-refractivity contribution in [2.75, 3.05) is 11.5 Å². The second kappa shape index (κ2) is 5.80. The van der Waals surface area contributed by atoms with Gasteiger partial charge in [-0.25, -0.2) is 0 Å². The smallest absolute Gasteiger partial charge is 0.0736 e. The van der Waals surface area contributed by atoms with E-state index < -0.39 is 5.60 Å². The summed E-state index contributed by atoms with van der Waals surface area (Å²) < 4.78 is 0. The van der Waals surface area contributed by atoms with Crippen molar-refractivity contribution in [1.29, 1.82) is 0 Å². The number of halogens is 1. The molecule has 1 rings (SSSR count). The molecule has 0 aliphatic rings. The molecule has 4 heteroatoms. The molecule has 0 radical (unpaired) electrons. The van der Waals surface area contributed by atoms with E-state index in [4.69, 9.17) is 17.3 Å². The van der Waals surface area contributed by atoms with Crippen LogP contribution in [0.25, 0.3) is 0 Å². The van der Waals surface area contributed by atoms with E-state index in [1.165, 1.54) is 0 Å². The predicted molar refractivity (Wildman–Crippen MR) is 72.1 cm³/mol. The van der Waals surface area contributed by atoms with Crippen molar-refractivity contribution in [2.45, 2.75) is 37.2 Å². The van der Waals surface area contributed by atoms with Crippen LogP contribution in [0.1, 0.15) is 26.7 Å². The number of nitrogen functional groups attached to an aromatic ring is 1. The lowest BCUT2D eigenvalue weighted by Gasteiger charge is -2.24. The van der Waals surface area contributed by atoms with Gasteiger partial charge in [0.05, 0.1) is 5.60 Å². The molecule has 0 saturated heterocycles. The third-order valence-electron chi connectivity index (χ3n) is 2.78. The average molecular weight is 260 g/mol. The van der Waals surface area contributed by atoms with Crippen LogP contribution in [-0.4, -0.2) is 16.5 Å². The fraction of sp³-hybridized carbons (Fsp3) is 0.500. The lowest BCUT2D eigenvalue weighted by Crippen LogP contribution is -2.29. The van der Waals surface area contributed by atoms with Gasteiger partial charge < -0.3 is 10.8 Å². The number of nitrogens with two attached hydrogens (primary N) is 1. The molecule has 3 N–H and O–H groups in total. The normalized spacial score (nSPS) is 11.8. The van der Waals surface area contributed by atoms with Gasteiger partial charge in [-0.2, -0.15) is 0 Å². The number of rotatable bonds is 5. The molecule has 0 aliphatic carbocycles. The second-order valence-electron chi connectivity index (χ2n) is 3.90. The number of aliphatic hydroxyl groups is 1. The van der Waals surface area contributed by atoms with Crippen molar-refractivity contribution in [2.24, 2.45) is 0 Å². The van der Waals surface area contributed by atoms with Gasteiger partial charge in [0.2, 0.25) is 0 Å². The minimum absolute atomic E-state index is 0.600. The summed E-state index contributed by atoms with van der Waals surface area (Å²) >= 11 is 7.40. The summed E-state index contributed by atoms with van der Waals surface area (Å²) in [5.74, 6) is 0.659. The maximum absolute atomic E-state index is 10.1.